The van der Waals surface area contributed by atoms with E-state index in [1.165, 1.54) is 5.56 Å². The van der Waals surface area contributed by atoms with Gasteiger partial charge in [-0.1, -0.05) is 44.2 Å². The van der Waals surface area contributed by atoms with Crippen molar-refractivity contribution in [2.45, 2.75) is 33.7 Å². The molecule has 0 bridgehead atoms. The van der Waals surface area contributed by atoms with E-state index in [0.717, 1.165) is 18.8 Å². The summed E-state index contributed by atoms with van der Waals surface area (Å²) in [5.41, 5.74) is 1.61. The smallest absolute Gasteiger partial charge is 0.270 e. The number of aromatic nitrogens is 2. The van der Waals surface area contributed by atoms with Crippen molar-refractivity contribution in [3.05, 3.63) is 53.5 Å². The summed E-state index contributed by atoms with van der Waals surface area (Å²) < 4.78 is 0. The Hall–Kier alpha value is -2.43. The van der Waals surface area contributed by atoms with E-state index in [1.54, 1.807) is 6.07 Å². The van der Waals surface area contributed by atoms with Crippen LogP contribution in [0.5, 0.6) is 0 Å². The highest BCUT2D eigenvalue weighted by Gasteiger charge is 2.13. The van der Waals surface area contributed by atoms with Crippen LogP contribution in [-0.4, -0.2) is 29.5 Å². The first-order chi connectivity index (χ1) is 11.5. The van der Waals surface area contributed by atoms with Crippen molar-refractivity contribution in [2.75, 3.05) is 18.5 Å². The summed E-state index contributed by atoms with van der Waals surface area (Å²) in [4.78, 5) is 23.0. The molecule has 1 aromatic heterocycles. The number of amides is 1. The predicted molar refractivity (Wildman–Crippen MR) is 97.1 cm³/mol. The van der Waals surface area contributed by atoms with Crippen molar-refractivity contribution >= 4 is 11.7 Å². The first kappa shape index (κ1) is 17.9. The van der Waals surface area contributed by atoms with Crippen molar-refractivity contribution in [1.29, 1.82) is 0 Å². The molecule has 0 atom stereocenters. The highest BCUT2D eigenvalue weighted by molar-refractivity contribution is 5.92. The number of hydrogen-bond acceptors (Lipinski definition) is 4. The predicted octanol–water partition coefficient (Wildman–Crippen LogP) is 3.20. The van der Waals surface area contributed by atoms with Gasteiger partial charge in [-0.15, -0.1) is 0 Å². The molecule has 1 N–H and O–H groups in total. The van der Waals surface area contributed by atoms with Crippen LogP contribution >= 0.6 is 0 Å². The summed E-state index contributed by atoms with van der Waals surface area (Å²) in [7, 11) is 1.97. The lowest BCUT2D eigenvalue weighted by atomic mass is 10.1. The summed E-state index contributed by atoms with van der Waals surface area (Å²) in [6, 6.07) is 11.9. The molecule has 1 heterocycles. The fourth-order valence-electron chi connectivity index (χ4n) is 2.37. The molecule has 0 spiro atoms. The highest BCUT2D eigenvalue weighted by Crippen LogP contribution is 2.14. The van der Waals surface area contributed by atoms with Crippen LogP contribution in [0.25, 0.3) is 0 Å². The normalized spacial score (nSPS) is 10.7. The molecule has 0 saturated heterocycles. The number of nitrogens with one attached hydrogen (secondary N) is 1. The molecule has 1 aromatic carbocycles. The minimum absolute atomic E-state index is 0.143. The van der Waals surface area contributed by atoms with Crippen LogP contribution in [0.1, 0.15) is 42.1 Å². The van der Waals surface area contributed by atoms with Crippen LogP contribution in [0.4, 0.5) is 5.82 Å². The number of rotatable bonds is 7. The van der Waals surface area contributed by atoms with Crippen molar-refractivity contribution in [1.82, 2.24) is 15.3 Å². The molecular weight excluding hydrogens is 300 g/mol. The summed E-state index contributed by atoms with van der Waals surface area (Å²) in [5, 5.41) is 2.93. The number of carbonyl (C=O) groups is 1. The number of hydrogen-bond donors (Lipinski definition) is 1. The van der Waals surface area contributed by atoms with Crippen molar-refractivity contribution in [3.8, 4) is 0 Å². The number of aryl methyl sites for hydroxylation is 1. The maximum Gasteiger partial charge on any atom is 0.270 e. The summed E-state index contributed by atoms with van der Waals surface area (Å²) in [5.74, 6) is 1.77. The van der Waals surface area contributed by atoms with E-state index in [9.17, 15) is 4.79 Å². The molecule has 5 heteroatoms. The van der Waals surface area contributed by atoms with Gasteiger partial charge in [0.2, 0.25) is 0 Å². The zero-order chi connectivity index (χ0) is 17.5. The third-order valence-electron chi connectivity index (χ3n) is 3.72. The Balaban J connectivity index is 2.08. The van der Waals surface area contributed by atoms with Crippen molar-refractivity contribution in [2.24, 2.45) is 5.92 Å². The molecule has 5 nitrogen and oxygen atoms in total. The third-order valence-corrected chi connectivity index (χ3v) is 3.72. The molecular formula is C19H26N4O. The van der Waals surface area contributed by atoms with Gasteiger partial charge in [0.25, 0.3) is 5.91 Å². The topological polar surface area (TPSA) is 58.1 Å². The quantitative estimate of drug-likeness (QED) is 0.849. The van der Waals surface area contributed by atoms with E-state index in [0.29, 0.717) is 24.0 Å². The van der Waals surface area contributed by atoms with Crippen LogP contribution in [0.15, 0.2) is 36.4 Å². The zero-order valence-corrected chi connectivity index (χ0v) is 14.9. The molecule has 0 saturated carbocycles. The average molecular weight is 326 g/mol. The Morgan fingerprint density at radius 3 is 2.58 bits per heavy atom. The largest absolute Gasteiger partial charge is 0.355 e. The second-order valence-corrected chi connectivity index (χ2v) is 6.44. The van der Waals surface area contributed by atoms with Gasteiger partial charge in [-0.25, -0.2) is 9.97 Å². The highest BCUT2D eigenvalue weighted by atomic mass is 16.1. The van der Waals surface area contributed by atoms with Crippen molar-refractivity contribution in [3.63, 3.8) is 0 Å². The summed E-state index contributed by atoms with van der Waals surface area (Å²) >= 11 is 0. The Morgan fingerprint density at radius 1 is 1.21 bits per heavy atom. The molecule has 0 radical (unpaired) electrons. The molecule has 0 aliphatic rings. The molecule has 0 aliphatic heterocycles. The summed E-state index contributed by atoms with van der Waals surface area (Å²) in [6.07, 6.45) is 0.955. The van der Waals surface area contributed by atoms with Crippen LogP contribution in [0.3, 0.4) is 0 Å². The Kier molecular flexibility index (Phi) is 6.29. The van der Waals surface area contributed by atoms with E-state index >= 15 is 0 Å². The van der Waals surface area contributed by atoms with Crippen LogP contribution in [0.2, 0.25) is 0 Å². The lowest BCUT2D eigenvalue weighted by Gasteiger charge is -2.19. The molecule has 0 aliphatic carbocycles. The number of carbonyl (C=O) groups excluding carboxylic acids is 1. The van der Waals surface area contributed by atoms with E-state index in [-0.39, 0.29) is 5.91 Å². The van der Waals surface area contributed by atoms with Gasteiger partial charge in [-0.3, -0.25) is 4.79 Å². The zero-order valence-electron chi connectivity index (χ0n) is 14.9. The third kappa shape index (κ3) is 5.33. The van der Waals surface area contributed by atoms with E-state index < -0.39 is 0 Å². The molecule has 128 valence electrons. The molecule has 2 rings (SSSR count). The van der Waals surface area contributed by atoms with Crippen LogP contribution < -0.4 is 10.2 Å². The number of benzene rings is 1. The molecule has 1 amide bonds. The van der Waals surface area contributed by atoms with Gasteiger partial charge in [0.05, 0.1) is 0 Å². The number of anilines is 1. The Labute approximate surface area is 144 Å². The Bertz CT molecular complexity index is 670. The molecule has 2 aromatic rings. The fraction of sp³-hybridized carbons (Fsp3) is 0.421. The van der Waals surface area contributed by atoms with E-state index in [1.807, 2.05) is 37.1 Å². The van der Waals surface area contributed by atoms with Crippen LogP contribution in [-0.2, 0) is 6.54 Å². The second kappa shape index (κ2) is 8.43. The maximum atomic E-state index is 12.3. The molecule has 24 heavy (non-hydrogen) atoms. The van der Waals surface area contributed by atoms with Gasteiger partial charge >= 0.3 is 0 Å². The lowest BCUT2D eigenvalue weighted by Crippen LogP contribution is -2.27. The average Bonchev–Trinajstić information content (AvgIpc) is 2.54. The fourth-order valence-corrected chi connectivity index (χ4v) is 2.37. The monoisotopic (exact) mass is 326 g/mol. The van der Waals surface area contributed by atoms with Gasteiger partial charge in [0.15, 0.2) is 0 Å². The first-order valence-corrected chi connectivity index (χ1v) is 8.34. The minimum Gasteiger partial charge on any atom is -0.355 e. The van der Waals surface area contributed by atoms with Crippen LogP contribution in [0, 0.1) is 12.8 Å². The van der Waals surface area contributed by atoms with Gasteiger partial charge in [-0.2, -0.15) is 0 Å². The SMILES string of the molecule is Cc1nc(C(=O)NCCC(C)C)cc(N(C)Cc2ccccc2)n1. The lowest BCUT2D eigenvalue weighted by molar-refractivity contribution is 0.0946. The second-order valence-electron chi connectivity index (χ2n) is 6.44. The standard InChI is InChI=1S/C19H26N4O/c1-14(2)10-11-20-19(24)17-12-18(22-15(3)21-17)23(4)13-16-8-6-5-7-9-16/h5-9,12,14H,10-11,13H2,1-4H3,(H,20,24). The molecule has 0 fully saturated rings. The minimum atomic E-state index is -0.143. The van der Waals surface area contributed by atoms with Gasteiger partial charge in [-0.05, 0) is 24.8 Å². The van der Waals surface area contributed by atoms with Gasteiger partial charge in [0, 0.05) is 26.2 Å². The molecule has 0 unspecified atom stereocenters. The first-order valence-electron chi connectivity index (χ1n) is 8.34. The van der Waals surface area contributed by atoms with Gasteiger partial charge < -0.3 is 10.2 Å². The van der Waals surface area contributed by atoms with Gasteiger partial charge in [0.1, 0.15) is 17.3 Å². The van der Waals surface area contributed by atoms with Crippen molar-refractivity contribution < 1.29 is 4.79 Å². The maximum absolute atomic E-state index is 12.3. The Morgan fingerprint density at radius 2 is 1.92 bits per heavy atom. The summed E-state index contributed by atoms with van der Waals surface area (Å²) in [6.45, 7) is 7.47. The van der Waals surface area contributed by atoms with E-state index in [2.05, 4.69) is 41.3 Å². The van der Waals surface area contributed by atoms with E-state index in [4.69, 9.17) is 0 Å². The number of nitrogens with zero attached hydrogens (tertiary/aromatic N) is 3.